The van der Waals surface area contributed by atoms with Gasteiger partial charge >= 0.3 is 0 Å². The summed E-state index contributed by atoms with van der Waals surface area (Å²) in [5, 5.41) is 3.43. The van der Waals surface area contributed by atoms with Crippen molar-refractivity contribution in [2.24, 2.45) is 0 Å². The van der Waals surface area contributed by atoms with Gasteiger partial charge < -0.3 is 5.48 Å². The lowest BCUT2D eigenvalue weighted by molar-refractivity contribution is 0.824. The number of hydrogen-bond donors (Lipinski definition) is 0. The molecule has 0 aliphatic rings. The average molecular weight is 164 g/mol. The molecule has 0 saturated carbocycles. The first-order valence-electron chi connectivity index (χ1n) is 3.22. The van der Waals surface area contributed by atoms with E-state index >= 15 is 0 Å². The molecule has 1 aromatic heterocycles. The molecule has 0 aliphatic carbocycles. The van der Waals surface area contributed by atoms with E-state index < -0.39 is 0 Å². The molecular weight excluding hydrogens is 156 g/mol. The number of hydrogen-bond acceptors (Lipinski definition) is 1. The van der Waals surface area contributed by atoms with Crippen LogP contribution in [0.5, 0.6) is 0 Å². The molecule has 0 fully saturated rings. The van der Waals surface area contributed by atoms with Crippen LogP contribution in [0.1, 0.15) is 0 Å². The molecular formula is C9H8OS. The molecule has 0 atom stereocenters. The molecule has 2 heteroatoms. The molecule has 0 amide bonds. The summed E-state index contributed by atoms with van der Waals surface area (Å²) in [6, 6.07) is 12.6. The Kier molecular flexibility index (Phi) is 2.52. The van der Waals surface area contributed by atoms with Crippen molar-refractivity contribution in [1.29, 1.82) is 0 Å². The van der Waals surface area contributed by atoms with Gasteiger partial charge in [0.05, 0.1) is 0 Å². The summed E-state index contributed by atoms with van der Waals surface area (Å²) < 4.78 is 1.35. The lowest BCUT2D eigenvalue weighted by Gasteiger charge is -1.82. The minimum Gasteiger partial charge on any atom is -0.870 e. The topological polar surface area (TPSA) is 30.0 Å². The second kappa shape index (κ2) is 3.42. The summed E-state index contributed by atoms with van der Waals surface area (Å²) in [5.74, 6) is 0. The average Bonchev–Trinajstić information content (AvgIpc) is 2.05. The summed E-state index contributed by atoms with van der Waals surface area (Å²) >= 11 is 1.78. The highest BCUT2D eigenvalue weighted by Gasteiger charge is 1.98. The van der Waals surface area contributed by atoms with E-state index in [9.17, 15) is 0 Å². The Morgan fingerprint density at radius 2 is 1.64 bits per heavy atom. The second-order valence-corrected chi connectivity index (χ2v) is 3.10. The van der Waals surface area contributed by atoms with Gasteiger partial charge in [-0.2, -0.15) is 0 Å². The predicted octanol–water partition coefficient (Wildman–Crippen LogP) is 3.01. The number of fused-ring (bicyclic) bond motifs is 1. The van der Waals surface area contributed by atoms with E-state index in [0.29, 0.717) is 0 Å². The number of benzene rings is 1. The van der Waals surface area contributed by atoms with Crippen LogP contribution in [-0.4, -0.2) is 5.48 Å². The fourth-order valence-corrected chi connectivity index (χ4v) is 1.71. The van der Waals surface area contributed by atoms with Gasteiger partial charge in [0, 0.05) is 11.5 Å². The molecule has 0 unspecified atom stereocenters. The van der Waals surface area contributed by atoms with E-state index in [2.05, 4.69) is 41.8 Å². The standard InChI is InChI=1S/C9H7S.H2O/c1-2-6-9-8(4-1)5-3-7-10-9;/h1-7H;1H2/q+1;/p-1. The maximum atomic E-state index is 2.14. The zero-order valence-electron chi connectivity index (χ0n) is 5.90. The van der Waals surface area contributed by atoms with Crippen molar-refractivity contribution in [2.45, 2.75) is 0 Å². The third kappa shape index (κ3) is 1.53. The lowest BCUT2D eigenvalue weighted by Crippen LogP contribution is -1.63. The van der Waals surface area contributed by atoms with Crippen molar-refractivity contribution in [2.75, 3.05) is 0 Å². The Balaban J connectivity index is 0.000000605. The maximum absolute atomic E-state index is 2.14. The van der Waals surface area contributed by atoms with Crippen LogP contribution >= 0.6 is 11.3 Å². The zero-order chi connectivity index (χ0) is 6.81. The van der Waals surface area contributed by atoms with Crippen molar-refractivity contribution in [3.05, 3.63) is 41.8 Å². The first-order chi connectivity index (χ1) is 4.97. The van der Waals surface area contributed by atoms with Gasteiger partial charge in [0.15, 0.2) is 5.38 Å². The van der Waals surface area contributed by atoms with Crippen LogP contribution in [0, 0.1) is 0 Å². The molecule has 11 heavy (non-hydrogen) atoms. The van der Waals surface area contributed by atoms with Crippen LogP contribution in [0.25, 0.3) is 10.1 Å². The van der Waals surface area contributed by atoms with Crippen molar-refractivity contribution in [3.8, 4) is 0 Å². The van der Waals surface area contributed by atoms with Gasteiger partial charge in [-0.15, -0.1) is 0 Å². The minimum absolute atomic E-state index is 0. The van der Waals surface area contributed by atoms with Gasteiger partial charge in [0.1, 0.15) is 0 Å². The first-order valence-corrected chi connectivity index (χ1v) is 4.10. The van der Waals surface area contributed by atoms with Gasteiger partial charge in [0.25, 0.3) is 0 Å². The van der Waals surface area contributed by atoms with E-state index in [0.717, 1.165) is 0 Å². The Morgan fingerprint density at radius 1 is 0.909 bits per heavy atom. The highest BCUT2D eigenvalue weighted by Crippen LogP contribution is 2.16. The number of rotatable bonds is 0. The normalized spacial score (nSPS) is 9.09. The van der Waals surface area contributed by atoms with E-state index in [1.54, 1.807) is 11.3 Å². The van der Waals surface area contributed by atoms with Crippen LogP contribution in [-0.2, 0) is 0 Å². The molecule has 1 N–H and O–H groups in total. The predicted molar refractivity (Wildman–Crippen MR) is 48.2 cm³/mol. The van der Waals surface area contributed by atoms with Gasteiger partial charge in [-0.05, 0) is 18.2 Å². The Morgan fingerprint density at radius 3 is 2.45 bits per heavy atom. The van der Waals surface area contributed by atoms with E-state index in [1.807, 2.05) is 0 Å². The van der Waals surface area contributed by atoms with Crippen molar-refractivity contribution in [1.82, 2.24) is 0 Å². The Bertz CT molecular complexity index is 281. The summed E-state index contributed by atoms with van der Waals surface area (Å²) in [7, 11) is 0. The quantitative estimate of drug-likeness (QED) is 0.550. The van der Waals surface area contributed by atoms with Crippen LogP contribution in [0.15, 0.2) is 41.8 Å². The largest absolute Gasteiger partial charge is 0.870 e. The smallest absolute Gasteiger partial charge is 0.237 e. The summed E-state index contributed by atoms with van der Waals surface area (Å²) in [5.41, 5.74) is 0. The molecule has 1 nitrogen and oxygen atoms in total. The Hall–Kier alpha value is -0.990. The highest BCUT2D eigenvalue weighted by molar-refractivity contribution is 7.16. The second-order valence-electron chi connectivity index (χ2n) is 2.15. The molecule has 56 valence electrons. The van der Waals surface area contributed by atoms with Gasteiger partial charge in [-0.3, -0.25) is 0 Å². The first kappa shape index (κ1) is 8.11. The molecule has 0 saturated heterocycles. The third-order valence-electron chi connectivity index (χ3n) is 1.47. The minimum atomic E-state index is 0. The molecule has 2 rings (SSSR count). The monoisotopic (exact) mass is 164 g/mol. The van der Waals surface area contributed by atoms with Crippen molar-refractivity contribution in [3.63, 3.8) is 0 Å². The zero-order valence-corrected chi connectivity index (χ0v) is 6.71. The van der Waals surface area contributed by atoms with Crippen molar-refractivity contribution >= 4 is 21.4 Å². The van der Waals surface area contributed by atoms with E-state index in [-0.39, 0.29) is 5.48 Å². The lowest BCUT2D eigenvalue weighted by atomic mass is 10.3. The van der Waals surface area contributed by atoms with Gasteiger partial charge in [-0.1, -0.05) is 12.1 Å². The van der Waals surface area contributed by atoms with Crippen LogP contribution in [0.2, 0.25) is 0 Å². The molecule has 0 bridgehead atoms. The molecule has 0 aliphatic heterocycles. The van der Waals surface area contributed by atoms with Crippen LogP contribution in [0.3, 0.4) is 0 Å². The van der Waals surface area contributed by atoms with E-state index in [1.165, 1.54) is 10.1 Å². The summed E-state index contributed by atoms with van der Waals surface area (Å²) in [6.45, 7) is 0. The molecule has 0 spiro atoms. The maximum Gasteiger partial charge on any atom is 0.237 e. The van der Waals surface area contributed by atoms with Crippen molar-refractivity contribution < 1.29 is 5.48 Å². The van der Waals surface area contributed by atoms with Gasteiger partial charge in [-0.25, -0.2) is 0 Å². The van der Waals surface area contributed by atoms with Crippen LogP contribution in [0.4, 0.5) is 0 Å². The fourth-order valence-electron chi connectivity index (χ4n) is 0.981. The molecule has 2 aromatic rings. The summed E-state index contributed by atoms with van der Waals surface area (Å²) in [4.78, 5) is 0. The van der Waals surface area contributed by atoms with E-state index in [4.69, 9.17) is 0 Å². The highest BCUT2D eigenvalue weighted by atomic mass is 32.1. The summed E-state index contributed by atoms with van der Waals surface area (Å²) in [6.07, 6.45) is 0. The molecule has 1 heterocycles. The SMILES string of the molecule is [OH-].c1ccc2[s+]cccc2c1. The Labute approximate surface area is 69.2 Å². The van der Waals surface area contributed by atoms with Gasteiger partial charge in [0.2, 0.25) is 16.0 Å². The third-order valence-corrected chi connectivity index (χ3v) is 2.39. The molecule has 0 radical (unpaired) electrons. The fraction of sp³-hybridized carbons (Fsp3) is 0. The van der Waals surface area contributed by atoms with Crippen LogP contribution < -0.4 is 0 Å². The molecule has 1 aromatic carbocycles.